The Balaban J connectivity index is 1.04. The molecule has 238 valence electrons. The number of nitrogens with one attached hydrogen (secondary N) is 1. The Bertz CT molecular complexity index is 2100. The van der Waals surface area contributed by atoms with Crippen LogP contribution in [0.3, 0.4) is 0 Å². The first kappa shape index (κ1) is 29.6. The number of hydrogen-bond donors (Lipinski definition) is 4. The number of nitrogen functional groups attached to an aromatic ring is 1. The largest absolute Gasteiger partial charge is 0.386 e. The first-order valence-electron chi connectivity index (χ1n) is 13.9. The van der Waals surface area contributed by atoms with Gasteiger partial charge in [0.05, 0.1) is 32.5 Å². The lowest BCUT2D eigenvalue weighted by Crippen LogP contribution is -2.43. The molecule has 0 spiro atoms. The maximum atomic E-state index is 13.5. The Kier molecular flexibility index (Phi) is 7.16. The molecular formula is C23H26N10O8P2S2. The monoisotopic (exact) mass is 696 g/mol. The van der Waals surface area contributed by atoms with E-state index < -0.39 is 32.0 Å². The third-order valence-corrected chi connectivity index (χ3v) is 11.8. The number of hydrogen-bond acceptors (Lipinski definition) is 14. The second-order valence-electron chi connectivity index (χ2n) is 11.0. The number of thiol groups is 2. The van der Waals surface area contributed by atoms with E-state index in [0.717, 1.165) is 0 Å². The third-order valence-electron chi connectivity index (χ3n) is 8.50. The van der Waals surface area contributed by atoms with E-state index in [0.29, 0.717) is 23.4 Å². The van der Waals surface area contributed by atoms with Gasteiger partial charge in [0.15, 0.2) is 22.6 Å². The number of imidazole rings is 3. The Morgan fingerprint density at radius 3 is 2.56 bits per heavy atom. The van der Waals surface area contributed by atoms with Crippen LogP contribution in [0, 0.1) is 11.8 Å². The van der Waals surface area contributed by atoms with Crippen molar-refractivity contribution in [2.75, 3.05) is 25.6 Å². The molecule has 5 aromatic rings. The van der Waals surface area contributed by atoms with Crippen LogP contribution in [0.1, 0.15) is 25.1 Å². The van der Waals surface area contributed by atoms with E-state index >= 15 is 0 Å². The van der Waals surface area contributed by atoms with Gasteiger partial charge < -0.3 is 29.1 Å². The predicted octanol–water partition coefficient (Wildman–Crippen LogP) is 2.78. The topological polar surface area (TPSA) is 218 Å². The molecular weight excluding hydrogens is 670 g/mol. The molecule has 0 amide bonds. The summed E-state index contributed by atoms with van der Waals surface area (Å²) in [5.74, 6) is 0.158. The Hall–Kier alpha value is -2.80. The number of ether oxygens (including phenoxy) is 1. The van der Waals surface area contributed by atoms with Crippen LogP contribution >= 0.6 is 38.1 Å². The maximum Gasteiger partial charge on any atom is 0.386 e. The molecule has 0 bridgehead atoms. The van der Waals surface area contributed by atoms with Crippen molar-refractivity contribution in [1.29, 1.82) is 0 Å². The first-order chi connectivity index (χ1) is 21.6. The summed E-state index contributed by atoms with van der Waals surface area (Å²) >= 11 is 8.46. The zero-order chi connectivity index (χ0) is 31.1. The second kappa shape index (κ2) is 10.9. The van der Waals surface area contributed by atoms with Crippen molar-refractivity contribution in [3.05, 3.63) is 41.7 Å². The van der Waals surface area contributed by atoms with Crippen molar-refractivity contribution in [2.24, 2.45) is 11.8 Å². The van der Waals surface area contributed by atoms with Gasteiger partial charge in [-0.2, -0.15) is 4.98 Å². The third kappa shape index (κ3) is 5.21. The zero-order valence-electron chi connectivity index (χ0n) is 23.1. The summed E-state index contributed by atoms with van der Waals surface area (Å²) in [6, 6.07) is -0.168. The molecule has 1 aliphatic carbocycles. The number of aromatic nitrogens is 9. The van der Waals surface area contributed by atoms with Crippen molar-refractivity contribution in [3.63, 3.8) is 0 Å². The smallest absolute Gasteiger partial charge is 0.382 e. The molecule has 3 aliphatic rings. The van der Waals surface area contributed by atoms with Crippen LogP contribution in [-0.4, -0.2) is 75.5 Å². The molecule has 3 fully saturated rings. The zero-order valence-corrected chi connectivity index (χ0v) is 26.7. The van der Waals surface area contributed by atoms with Gasteiger partial charge in [-0.1, -0.05) is 24.5 Å². The Labute approximate surface area is 263 Å². The summed E-state index contributed by atoms with van der Waals surface area (Å²) in [5.41, 5.74) is 7.03. The molecule has 45 heavy (non-hydrogen) atoms. The molecule has 8 rings (SSSR count). The molecule has 8 atom stereocenters. The summed E-state index contributed by atoms with van der Waals surface area (Å²) < 4.78 is 60.9. The number of rotatable bonds is 2. The lowest BCUT2D eigenvalue weighted by Gasteiger charge is -2.45. The van der Waals surface area contributed by atoms with Crippen molar-refractivity contribution >= 4 is 72.0 Å². The molecule has 2 unspecified atom stereocenters. The van der Waals surface area contributed by atoms with Crippen LogP contribution in [0.2, 0.25) is 0 Å². The first-order valence-corrected chi connectivity index (χ1v) is 19.2. The maximum absolute atomic E-state index is 13.5. The summed E-state index contributed by atoms with van der Waals surface area (Å²) in [6.45, 7) is -8.07. The fourth-order valence-electron chi connectivity index (χ4n) is 6.18. The average Bonchev–Trinajstić information content (AvgIpc) is 3.77. The number of nitrogens with two attached hydrogens (primary N) is 1. The van der Waals surface area contributed by atoms with Crippen LogP contribution in [0.4, 0.5) is 5.82 Å². The molecule has 1 saturated carbocycles. The van der Waals surface area contributed by atoms with E-state index in [1.54, 1.807) is 23.3 Å². The summed E-state index contributed by atoms with van der Waals surface area (Å²) in [7, 11) is 0. The fraction of sp³-hybridized carbons (Fsp3) is 0.478. The number of anilines is 1. The normalized spacial score (nSPS) is 34.5. The number of fused-ring (bicyclic) bond motifs is 5. The predicted molar refractivity (Wildman–Crippen MR) is 164 cm³/mol. The van der Waals surface area contributed by atoms with E-state index in [1.165, 1.54) is 17.1 Å². The quantitative estimate of drug-likeness (QED) is 0.154. The SMILES string of the molecule is Nc1ncnc2c1ncn2[C@@H]1C[C@@H]2COP(=O)(S)O[C@H]3C[C@H](n4cnc5c(=O)n6cc[nH]c6nc54)O[C@@H]3COP(=O)(S)OC[C@H]21. The van der Waals surface area contributed by atoms with Gasteiger partial charge in [-0.05, 0) is 12.3 Å². The van der Waals surface area contributed by atoms with E-state index in [-0.39, 0.29) is 66.7 Å². The minimum Gasteiger partial charge on any atom is -0.382 e. The highest BCUT2D eigenvalue weighted by Crippen LogP contribution is 2.60. The van der Waals surface area contributed by atoms with Gasteiger partial charge >= 0.3 is 13.6 Å². The van der Waals surface area contributed by atoms with Gasteiger partial charge in [-0.25, -0.2) is 29.1 Å². The van der Waals surface area contributed by atoms with Gasteiger partial charge in [-0.3, -0.25) is 22.8 Å². The number of aromatic amines is 1. The van der Waals surface area contributed by atoms with Crippen molar-refractivity contribution in [3.8, 4) is 0 Å². The Morgan fingerprint density at radius 1 is 0.911 bits per heavy atom. The summed E-state index contributed by atoms with van der Waals surface area (Å²) in [6.07, 6.45) is 5.77. The Morgan fingerprint density at radius 2 is 1.69 bits per heavy atom. The summed E-state index contributed by atoms with van der Waals surface area (Å²) in [5, 5.41) is 0. The van der Waals surface area contributed by atoms with Crippen molar-refractivity contribution < 1.29 is 32.0 Å². The molecule has 2 saturated heterocycles. The van der Waals surface area contributed by atoms with E-state index in [2.05, 4.69) is 54.4 Å². The molecule has 7 heterocycles. The van der Waals surface area contributed by atoms with Crippen molar-refractivity contribution in [1.82, 2.24) is 43.4 Å². The molecule has 0 aromatic carbocycles. The molecule has 18 nitrogen and oxygen atoms in total. The lowest BCUT2D eigenvalue weighted by molar-refractivity contribution is -0.0365. The number of nitrogens with zero attached hydrogens (tertiary/aromatic N) is 8. The summed E-state index contributed by atoms with van der Waals surface area (Å²) in [4.78, 5) is 37.2. The van der Waals surface area contributed by atoms with Gasteiger partial charge in [0.1, 0.15) is 30.3 Å². The van der Waals surface area contributed by atoms with Gasteiger partial charge in [0.25, 0.3) is 5.56 Å². The van der Waals surface area contributed by atoms with Crippen LogP contribution < -0.4 is 11.3 Å². The standard InChI is InChI=1S/C23H26N10O8P2S2/c24-19-17-20(27-8-26-19)32(9-28-17)13-3-11-5-37-43(36,45)41-14-4-16(40-15(14)7-39-42(35,44)38-6-12(11)13)33-10-29-18-21(33)30-23-25-1-2-31(23)22(18)34/h1-2,8-16H,3-7H2,(H,25,30)(H,35,44)(H,36,45)(H2,24,26,27)/t11-,12-,13-,14+,15-,16-,42?,43?/m1/s1. The molecule has 22 heteroatoms. The fourth-order valence-corrected chi connectivity index (χ4v) is 8.91. The van der Waals surface area contributed by atoms with Gasteiger partial charge in [-0.15, -0.1) is 0 Å². The number of H-pyrrole nitrogens is 1. The van der Waals surface area contributed by atoms with Gasteiger partial charge in [0.2, 0.25) is 5.78 Å². The van der Waals surface area contributed by atoms with Gasteiger partial charge in [0, 0.05) is 30.8 Å². The highest BCUT2D eigenvalue weighted by atomic mass is 32.7. The van der Waals surface area contributed by atoms with Crippen LogP contribution in [0.25, 0.3) is 28.1 Å². The molecule has 0 radical (unpaired) electrons. The highest BCUT2D eigenvalue weighted by Gasteiger charge is 2.47. The lowest BCUT2D eigenvalue weighted by atomic mass is 9.70. The minimum absolute atomic E-state index is 0.00946. The van der Waals surface area contributed by atoms with Crippen molar-refractivity contribution in [2.45, 2.75) is 37.3 Å². The molecule has 3 N–H and O–H groups in total. The molecule has 5 aromatic heterocycles. The van der Waals surface area contributed by atoms with Crippen LogP contribution in [0.5, 0.6) is 0 Å². The van der Waals surface area contributed by atoms with E-state index in [9.17, 15) is 13.9 Å². The minimum atomic E-state index is -3.92. The average molecular weight is 697 g/mol. The van der Waals surface area contributed by atoms with Crippen LogP contribution in [-0.2, 0) is 32.0 Å². The van der Waals surface area contributed by atoms with E-state index in [4.69, 9.17) is 28.6 Å². The van der Waals surface area contributed by atoms with E-state index in [1.807, 2.05) is 4.57 Å². The van der Waals surface area contributed by atoms with Crippen LogP contribution in [0.15, 0.2) is 36.2 Å². The second-order valence-corrected chi connectivity index (χ2v) is 16.8. The molecule has 2 aliphatic heterocycles. The highest BCUT2D eigenvalue weighted by molar-refractivity contribution is 8.44.